The number of ether oxygens (including phenoxy) is 1. The second kappa shape index (κ2) is 7.14. The summed E-state index contributed by atoms with van der Waals surface area (Å²) in [6, 6.07) is 6.34. The minimum atomic E-state index is -0.441. The van der Waals surface area contributed by atoms with Gasteiger partial charge in [0, 0.05) is 17.0 Å². The van der Waals surface area contributed by atoms with Crippen LogP contribution in [-0.2, 0) is 4.74 Å². The predicted octanol–water partition coefficient (Wildman–Crippen LogP) is 4.57. The number of hydrogen-bond donors (Lipinski definition) is 0. The molecule has 0 atom stereocenters. The van der Waals surface area contributed by atoms with Crippen molar-refractivity contribution in [3.8, 4) is 22.0 Å². The van der Waals surface area contributed by atoms with Gasteiger partial charge in [0.2, 0.25) is 0 Å². The zero-order valence-electron chi connectivity index (χ0n) is 14.2. The summed E-state index contributed by atoms with van der Waals surface area (Å²) in [5.41, 5.74) is 2.59. The van der Waals surface area contributed by atoms with E-state index in [0.29, 0.717) is 17.3 Å². The topological polar surface area (TPSA) is 57.0 Å². The van der Waals surface area contributed by atoms with Crippen molar-refractivity contribution in [2.24, 2.45) is 0 Å². The number of halogens is 1. The molecule has 25 heavy (non-hydrogen) atoms. The van der Waals surface area contributed by atoms with Crippen molar-refractivity contribution in [1.82, 2.24) is 14.5 Å². The van der Waals surface area contributed by atoms with Crippen LogP contribution < -0.4 is 0 Å². The number of esters is 1. The van der Waals surface area contributed by atoms with E-state index in [1.807, 2.05) is 18.4 Å². The first-order valence-electron chi connectivity index (χ1n) is 7.97. The van der Waals surface area contributed by atoms with Gasteiger partial charge in [-0.25, -0.2) is 19.2 Å². The van der Waals surface area contributed by atoms with Gasteiger partial charge in [0.1, 0.15) is 16.5 Å². The fourth-order valence-corrected chi connectivity index (χ4v) is 3.30. The van der Waals surface area contributed by atoms with Gasteiger partial charge < -0.3 is 9.30 Å². The van der Waals surface area contributed by atoms with Crippen molar-refractivity contribution in [2.45, 2.75) is 26.8 Å². The van der Waals surface area contributed by atoms with Gasteiger partial charge in [0.25, 0.3) is 0 Å². The molecule has 2 aromatic heterocycles. The monoisotopic (exact) mass is 359 g/mol. The number of carbonyl (C=O) groups is 1. The highest BCUT2D eigenvalue weighted by atomic mass is 32.1. The molecule has 7 heteroatoms. The molecule has 3 rings (SSSR count). The summed E-state index contributed by atoms with van der Waals surface area (Å²) in [7, 11) is 0. The molecular formula is C18H18FN3O2S. The quantitative estimate of drug-likeness (QED) is 0.626. The molecule has 3 aromatic rings. The number of carbonyl (C=O) groups excluding carboxylic acids is 1. The molecule has 0 unspecified atom stereocenters. The summed E-state index contributed by atoms with van der Waals surface area (Å²) in [5, 5.41) is 2.35. The average Bonchev–Trinajstić information content (AvgIpc) is 3.22. The molecule has 0 aliphatic heterocycles. The van der Waals surface area contributed by atoms with Crippen LogP contribution in [0.3, 0.4) is 0 Å². The zero-order valence-corrected chi connectivity index (χ0v) is 15.0. The summed E-state index contributed by atoms with van der Waals surface area (Å²) in [6.07, 6.45) is 1.74. The lowest BCUT2D eigenvalue weighted by Gasteiger charge is -2.11. The number of hydrogen-bond acceptors (Lipinski definition) is 5. The lowest BCUT2D eigenvalue weighted by atomic mass is 10.1. The summed E-state index contributed by atoms with van der Waals surface area (Å²) in [6.45, 7) is 6.14. The minimum Gasteiger partial charge on any atom is -0.461 e. The van der Waals surface area contributed by atoms with Gasteiger partial charge in [0.05, 0.1) is 18.6 Å². The lowest BCUT2D eigenvalue weighted by molar-refractivity contribution is 0.0520. The van der Waals surface area contributed by atoms with Crippen LogP contribution in [0.4, 0.5) is 4.39 Å². The minimum absolute atomic E-state index is 0.159. The molecule has 2 heterocycles. The Labute approximate surface area is 149 Å². The Kier molecular flexibility index (Phi) is 4.94. The normalized spacial score (nSPS) is 11.1. The van der Waals surface area contributed by atoms with Gasteiger partial charge in [-0.3, -0.25) is 0 Å². The molecule has 0 spiro atoms. The van der Waals surface area contributed by atoms with E-state index in [-0.39, 0.29) is 17.6 Å². The van der Waals surface area contributed by atoms with Crippen LogP contribution in [0.5, 0.6) is 0 Å². The predicted molar refractivity (Wildman–Crippen MR) is 95.1 cm³/mol. The largest absolute Gasteiger partial charge is 0.461 e. The molecular weight excluding hydrogens is 341 g/mol. The maximum Gasteiger partial charge on any atom is 0.357 e. The molecule has 0 fully saturated rings. The second-order valence-electron chi connectivity index (χ2n) is 5.71. The van der Waals surface area contributed by atoms with E-state index in [2.05, 4.69) is 9.97 Å². The third kappa shape index (κ3) is 3.46. The standard InChI is InChI=1S/C18H18FN3O2S/c1-4-24-18(23)14-9-25-17(21-14)16-15(20-10-22(16)11(2)3)12-5-7-13(19)8-6-12/h5-11H,4H2,1-3H3. The smallest absolute Gasteiger partial charge is 0.357 e. The van der Waals surface area contributed by atoms with E-state index < -0.39 is 5.97 Å². The SMILES string of the molecule is CCOC(=O)c1csc(-c2c(-c3ccc(F)cc3)ncn2C(C)C)n1. The zero-order chi connectivity index (χ0) is 18.0. The highest BCUT2D eigenvalue weighted by Gasteiger charge is 2.21. The third-order valence-corrected chi connectivity index (χ3v) is 4.51. The van der Waals surface area contributed by atoms with Crippen molar-refractivity contribution in [1.29, 1.82) is 0 Å². The Hall–Kier alpha value is -2.54. The molecule has 0 bridgehead atoms. The number of aromatic nitrogens is 3. The number of nitrogens with zero attached hydrogens (tertiary/aromatic N) is 3. The molecule has 0 aliphatic rings. The molecule has 0 saturated carbocycles. The van der Waals surface area contributed by atoms with Gasteiger partial charge >= 0.3 is 5.97 Å². The Balaban J connectivity index is 2.09. The molecule has 0 aliphatic carbocycles. The lowest BCUT2D eigenvalue weighted by Crippen LogP contribution is -2.05. The molecule has 130 valence electrons. The third-order valence-electron chi connectivity index (χ3n) is 3.66. The fourth-order valence-electron chi connectivity index (χ4n) is 2.46. The number of imidazole rings is 1. The number of benzene rings is 1. The van der Waals surface area contributed by atoms with E-state index in [4.69, 9.17) is 4.74 Å². The first-order chi connectivity index (χ1) is 12.0. The van der Waals surface area contributed by atoms with Crippen molar-refractivity contribution in [3.63, 3.8) is 0 Å². The number of rotatable bonds is 5. The summed E-state index contributed by atoms with van der Waals surface area (Å²) in [5.74, 6) is -0.739. The highest BCUT2D eigenvalue weighted by Crippen LogP contribution is 2.35. The Bertz CT molecular complexity index is 884. The Morgan fingerprint density at radius 2 is 2.04 bits per heavy atom. The highest BCUT2D eigenvalue weighted by molar-refractivity contribution is 7.13. The van der Waals surface area contributed by atoms with Gasteiger partial charge in [-0.15, -0.1) is 11.3 Å². The van der Waals surface area contributed by atoms with Crippen LogP contribution in [0, 0.1) is 5.82 Å². The second-order valence-corrected chi connectivity index (χ2v) is 6.57. The average molecular weight is 359 g/mol. The molecule has 0 amide bonds. The summed E-state index contributed by atoms with van der Waals surface area (Å²) in [4.78, 5) is 20.8. The van der Waals surface area contributed by atoms with Crippen LogP contribution in [0.15, 0.2) is 36.0 Å². The maximum atomic E-state index is 13.2. The summed E-state index contributed by atoms with van der Waals surface area (Å²) < 4.78 is 20.2. The summed E-state index contributed by atoms with van der Waals surface area (Å²) >= 11 is 1.36. The Morgan fingerprint density at radius 3 is 2.68 bits per heavy atom. The van der Waals surface area contributed by atoms with Crippen LogP contribution in [0.25, 0.3) is 22.0 Å². The first kappa shape index (κ1) is 17.3. The Morgan fingerprint density at radius 1 is 1.32 bits per heavy atom. The van der Waals surface area contributed by atoms with Crippen LogP contribution in [0.1, 0.15) is 37.3 Å². The van der Waals surface area contributed by atoms with Crippen LogP contribution in [-0.4, -0.2) is 27.1 Å². The van der Waals surface area contributed by atoms with Crippen molar-refractivity contribution in [2.75, 3.05) is 6.61 Å². The molecule has 1 aromatic carbocycles. The van der Waals surface area contributed by atoms with Crippen molar-refractivity contribution < 1.29 is 13.9 Å². The molecule has 0 N–H and O–H groups in total. The number of thiazole rings is 1. The van der Waals surface area contributed by atoms with Crippen molar-refractivity contribution >= 4 is 17.3 Å². The van der Waals surface area contributed by atoms with E-state index in [1.54, 1.807) is 30.8 Å². The van der Waals surface area contributed by atoms with Gasteiger partial charge in [-0.05, 0) is 45.0 Å². The van der Waals surface area contributed by atoms with E-state index in [9.17, 15) is 9.18 Å². The fraction of sp³-hybridized carbons (Fsp3) is 0.278. The first-order valence-corrected chi connectivity index (χ1v) is 8.85. The van der Waals surface area contributed by atoms with Gasteiger partial charge in [-0.2, -0.15) is 0 Å². The van der Waals surface area contributed by atoms with E-state index in [1.165, 1.54) is 23.5 Å². The van der Waals surface area contributed by atoms with E-state index in [0.717, 1.165) is 11.3 Å². The van der Waals surface area contributed by atoms with E-state index >= 15 is 0 Å². The molecule has 5 nitrogen and oxygen atoms in total. The maximum absolute atomic E-state index is 13.2. The molecule has 0 saturated heterocycles. The molecule has 0 radical (unpaired) electrons. The van der Waals surface area contributed by atoms with Crippen molar-refractivity contribution in [3.05, 3.63) is 47.5 Å². The van der Waals surface area contributed by atoms with Gasteiger partial charge in [0.15, 0.2) is 5.69 Å². The van der Waals surface area contributed by atoms with Crippen LogP contribution >= 0.6 is 11.3 Å². The van der Waals surface area contributed by atoms with Gasteiger partial charge in [-0.1, -0.05) is 0 Å². The van der Waals surface area contributed by atoms with Crippen LogP contribution in [0.2, 0.25) is 0 Å².